The first-order chi connectivity index (χ1) is 37.6. The molecule has 0 amide bonds. The maximum Gasteiger partial charge on any atom is 0.0463 e. The Balaban J connectivity index is 0.00000165. The van der Waals surface area contributed by atoms with Gasteiger partial charge in [-0.2, -0.15) is 0 Å². The highest BCUT2D eigenvalue weighted by atomic mass is 14.9. The molecule has 0 saturated carbocycles. The lowest BCUT2D eigenvalue weighted by Gasteiger charge is -2.19. The molecule has 0 atom stereocenters. The van der Waals surface area contributed by atoms with Crippen LogP contribution in [0.2, 0.25) is 0 Å². The second-order valence-corrected chi connectivity index (χ2v) is 20.3. The van der Waals surface area contributed by atoms with Crippen molar-refractivity contribution < 1.29 is 0 Å². The first-order valence-electron chi connectivity index (χ1n) is 26.1. The molecule has 0 unspecified atom stereocenters. The van der Waals surface area contributed by atoms with E-state index in [-0.39, 0.29) is 0 Å². The minimum absolute atomic E-state index is 1.06. The summed E-state index contributed by atoms with van der Waals surface area (Å²) in [5, 5.41) is 26.9. The van der Waals surface area contributed by atoms with Crippen LogP contribution in [0.4, 0.5) is 11.4 Å². The number of rotatable bonds is 7. The van der Waals surface area contributed by atoms with Gasteiger partial charge in [0.05, 0.1) is 0 Å². The number of anilines is 2. The van der Waals surface area contributed by atoms with E-state index < -0.39 is 0 Å². The van der Waals surface area contributed by atoms with Gasteiger partial charge in [0, 0.05) is 24.0 Å². The molecule has 2 heteroatoms. The van der Waals surface area contributed by atoms with Crippen LogP contribution in [-0.2, 0) is 0 Å². The maximum atomic E-state index is 3.72. The summed E-state index contributed by atoms with van der Waals surface area (Å²) in [5.41, 5.74) is 14.3. The van der Waals surface area contributed by atoms with Crippen LogP contribution in [-0.4, -0.2) is 13.8 Å². The van der Waals surface area contributed by atoms with E-state index in [0.29, 0.717) is 0 Å². The average Bonchev–Trinajstić information content (AvgIpc) is 3.48. The van der Waals surface area contributed by atoms with Crippen LogP contribution >= 0.6 is 0 Å². The lowest BCUT2D eigenvalue weighted by molar-refractivity contribution is 1.49. The lowest BCUT2D eigenvalue weighted by Crippen LogP contribution is -1.94. The number of nitrogens with one attached hydrogen (secondary N) is 1. The molecule has 0 aliphatic heterocycles. The fourth-order valence-corrected chi connectivity index (χ4v) is 12.7. The van der Waals surface area contributed by atoms with E-state index in [2.05, 4.69) is 272 Å². The van der Waals surface area contributed by atoms with E-state index in [4.69, 9.17) is 0 Å². The molecule has 0 bridgehead atoms. The fraction of sp³-hybridized carbons (Fsp3) is 0.0135. The van der Waals surface area contributed by atoms with Crippen molar-refractivity contribution in [1.29, 1.82) is 0 Å². The van der Waals surface area contributed by atoms with Gasteiger partial charge in [-0.1, -0.05) is 218 Å². The first-order valence-corrected chi connectivity index (χ1v) is 26.1. The van der Waals surface area contributed by atoms with Crippen molar-refractivity contribution in [2.75, 3.05) is 12.4 Å². The number of para-hydroxylation sites is 1. The number of hydrogen-bond donors (Lipinski definition) is 1. The van der Waals surface area contributed by atoms with E-state index in [1.807, 2.05) is 0 Å². The van der Waals surface area contributed by atoms with Crippen molar-refractivity contribution in [2.45, 2.75) is 0 Å². The molecule has 0 fully saturated rings. The Labute approximate surface area is 440 Å². The molecule has 0 aliphatic carbocycles. The fourth-order valence-electron chi connectivity index (χ4n) is 12.7. The quantitative estimate of drug-likeness (QED) is 0.125. The van der Waals surface area contributed by atoms with Gasteiger partial charge in [-0.05, 0) is 190 Å². The topological polar surface area (TPSA) is 24.4 Å². The highest BCUT2D eigenvalue weighted by molar-refractivity contribution is 6.29. The second kappa shape index (κ2) is 17.4. The number of aliphatic imine (C=N–C) groups is 1. The van der Waals surface area contributed by atoms with E-state index >= 15 is 0 Å². The van der Waals surface area contributed by atoms with Crippen LogP contribution in [0.25, 0.3) is 153 Å². The maximum absolute atomic E-state index is 3.72. The zero-order valence-electron chi connectivity index (χ0n) is 41.9. The lowest BCUT2D eigenvalue weighted by atomic mass is 9.84. The first kappa shape index (κ1) is 43.7. The SMILES string of the molecule is C=NC.c1ccc(-c2ccccc2Nc2ccc(-c3ccc4ccc5c(-c6cc(-c7ccc8ccc9cccc%10ccc7c8c9%10)cc(-c7ccc8ccc9cccc%10ccc7c8c9%10)c6)ccc6ccc3c4c65)cc2)cc1. The molecule has 16 rings (SSSR count). The number of nitrogens with zero attached hydrogens (tertiary/aromatic N) is 1. The summed E-state index contributed by atoms with van der Waals surface area (Å²) in [6.45, 7) is 3.11. The summed E-state index contributed by atoms with van der Waals surface area (Å²) >= 11 is 0. The third-order valence-corrected chi connectivity index (χ3v) is 16.1. The zero-order chi connectivity index (χ0) is 50.4. The minimum Gasteiger partial charge on any atom is -0.355 e. The van der Waals surface area contributed by atoms with E-state index in [9.17, 15) is 0 Å². The van der Waals surface area contributed by atoms with Crippen molar-refractivity contribution in [3.05, 3.63) is 255 Å². The molecular weight excluding hydrogens is 917 g/mol. The largest absolute Gasteiger partial charge is 0.355 e. The van der Waals surface area contributed by atoms with E-state index in [0.717, 1.165) is 11.4 Å². The van der Waals surface area contributed by atoms with Gasteiger partial charge in [-0.3, -0.25) is 0 Å². The molecule has 0 aromatic heterocycles. The molecule has 0 heterocycles. The zero-order valence-corrected chi connectivity index (χ0v) is 41.9. The summed E-state index contributed by atoms with van der Waals surface area (Å²) in [6, 6.07) is 95.3. The van der Waals surface area contributed by atoms with E-state index in [1.54, 1.807) is 7.05 Å². The predicted octanol–water partition coefficient (Wildman–Crippen LogP) is 20.8. The Morgan fingerprint density at radius 3 is 1.00 bits per heavy atom. The second-order valence-electron chi connectivity index (χ2n) is 20.3. The van der Waals surface area contributed by atoms with Gasteiger partial charge in [0.2, 0.25) is 0 Å². The van der Waals surface area contributed by atoms with Crippen LogP contribution in [0, 0.1) is 0 Å². The summed E-state index contributed by atoms with van der Waals surface area (Å²) in [4.78, 5) is 3.25. The number of benzene rings is 16. The van der Waals surface area contributed by atoms with Gasteiger partial charge in [-0.15, -0.1) is 0 Å². The van der Waals surface area contributed by atoms with Crippen molar-refractivity contribution in [1.82, 2.24) is 0 Å². The Morgan fingerprint density at radius 1 is 0.263 bits per heavy atom. The molecule has 0 radical (unpaired) electrons. The summed E-state index contributed by atoms with van der Waals surface area (Å²) in [7, 11) is 1.64. The van der Waals surface area contributed by atoms with Crippen LogP contribution < -0.4 is 5.32 Å². The van der Waals surface area contributed by atoms with Crippen LogP contribution in [0.5, 0.6) is 0 Å². The monoisotopic (exact) mass is 964 g/mol. The van der Waals surface area contributed by atoms with Gasteiger partial charge < -0.3 is 10.3 Å². The molecule has 1 N–H and O–H groups in total. The predicted molar refractivity (Wildman–Crippen MR) is 330 cm³/mol. The molecular formula is C74H48N2. The molecule has 16 aromatic carbocycles. The smallest absolute Gasteiger partial charge is 0.0463 e. The van der Waals surface area contributed by atoms with Crippen molar-refractivity contribution in [3.63, 3.8) is 0 Å². The van der Waals surface area contributed by atoms with Gasteiger partial charge >= 0.3 is 0 Å². The Kier molecular flexibility index (Phi) is 9.98. The van der Waals surface area contributed by atoms with Gasteiger partial charge in [0.1, 0.15) is 0 Å². The minimum atomic E-state index is 1.06. The highest BCUT2D eigenvalue weighted by Crippen LogP contribution is 2.47. The molecule has 16 aromatic rings. The molecule has 0 aliphatic rings. The normalized spacial score (nSPS) is 11.8. The summed E-state index contributed by atoms with van der Waals surface area (Å²) in [6.07, 6.45) is 0. The van der Waals surface area contributed by atoms with Crippen molar-refractivity contribution in [2.24, 2.45) is 4.99 Å². The van der Waals surface area contributed by atoms with E-state index in [1.165, 1.54) is 153 Å². The van der Waals surface area contributed by atoms with Crippen molar-refractivity contribution in [3.8, 4) is 55.6 Å². The summed E-state index contributed by atoms with van der Waals surface area (Å²) in [5.74, 6) is 0. The Morgan fingerprint density at radius 2 is 0.579 bits per heavy atom. The average molecular weight is 965 g/mol. The van der Waals surface area contributed by atoms with Crippen LogP contribution in [0.15, 0.2) is 260 Å². The molecule has 2 nitrogen and oxygen atoms in total. The van der Waals surface area contributed by atoms with Crippen LogP contribution in [0.3, 0.4) is 0 Å². The standard InChI is InChI=1S/C72H43N.C2H5N/c1-2-8-43(9-3-1)61-14-4-5-15-66(61)73-56-30-20-44(21-31-56)57-32-22-51-29-39-65-60(35-25-52-28-38-62(57)71(51)72(52)65)55-41-53(58-33-23-49-18-16-45-10-6-12-47-26-36-63(58)69(49)67(45)47)40-54(42-55)59-34-24-50-19-17-46-11-7-13-48-27-37-64(59)70(50)68(46)48;1-3-2/h1-42,73H;1H2,2H3. The highest BCUT2D eigenvalue weighted by Gasteiger charge is 2.20. The van der Waals surface area contributed by atoms with Crippen LogP contribution in [0.1, 0.15) is 0 Å². The summed E-state index contributed by atoms with van der Waals surface area (Å²) < 4.78 is 0. The van der Waals surface area contributed by atoms with Gasteiger partial charge in [-0.25, -0.2) is 0 Å². The van der Waals surface area contributed by atoms with Gasteiger partial charge in [0.25, 0.3) is 0 Å². The van der Waals surface area contributed by atoms with Gasteiger partial charge in [0.15, 0.2) is 0 Å². The number of hydrogen-bond acceptors (Lipinski definition) is 2. The Bertz CT molecular complexity index is 4720. The Hall–Kier alpha value is -9.89. The third-order valence-electron chi connectivity index (χ3n) is 16.1. The molecule has 0 saturated heterocycles. The molecule has 0 spiro atoms. The molecule has 354 valence electrons. The molecule has 76 heavy (non-hydrogen) atoms. The van der Waals surface area contributed by atoms with Crippen molar-refractivity contribution >= 4 is 115 Å². The third kappa shape index (κ3) is 6.85.